The topological polar surface area (TPSA) is 35.0 Å². The SMILES string of the molecule is FC(F)(F)c1ccc(COc2cnsn2)cc1. The van der Waals surface area contributed by atoms with Crippen molar-refractivity contribution in [3.63, 3.8) is 0 Å². The summed E-state index contributed by atoms with van der Waals surface area (Å²) in [5.74, 6) is 0.370. The molecule has 2 rings (SSSR count). The van der Waals surface area contributed by atoms with Gasteiger partial charge in [0, 0.05) is 0 Å². The number of ether oxygens (including phenoxy) is 1. The van der Waals surface area contributed by atoms with Crippen LogP contribution in [0.5, 0.6) is 5.88 Å². The van der Waals surface area contributed by atoms with E-state index in [4.69, 9.17) is 4.74 Å². The second-order valence-corrected chi connectivity index (χ2v) is 3.79. The Balaban J connectivity index is 1.99. The van der Waals surface area contributed by atoms with E-state index in [-0.39, 0.29) is 6.61 Å². The highest BCUT2D eigenvalue weighted by Gasteiger charge is 2.29. The van der Waals surface area contributed by atoms with Crippen LogP contribution < -0.4 is 4.74 Å². The first-order chi connectivity index (χ1) is 8.05. The molecule has 90 valence electrons. The summed E-state index contributed by atoms with van der Waals surface area (Å²) >= 11 is 1.01. The standard InChI is InChI=1S/C10H7F3N2OS/c11-10(12,13)8-3-1-7(2-4-8)6-16-9-5-14-17-15-9/h1-5H,6H2. The van der Waals surface area contributed by atoms with Crippen molar-refractivity contribution >= 4 is 11.7 Å². The number of nitrogens with zero attached hydrogens (tertiary/aromatic N) is 2. The molecule has 0 unspecified atom stereocenters. The normalized spacial score (nSPS) is 11.5. The Morgan fingerprint density at radius 2 is 1.88 bits per heavy atom. The van der Waals surface area contributed by atoms with Crippen molar-refractivity contribution in [2.45, 2.75) is 12.8 Å². The largest absolute Gasteiger partial charge is 0.471 e. The molecule has 0 aliphatic rings. The summed E-state index contributed by atoms with van der Waals surface area (Å²) in [6.07, 6.45) is -2.85. The van der Waals surface area contributed by atoms with Gasteiger partial charge in [-0.3, -0.25) is 0 Å². The minimum atomic E-state index is -4.31. The van der Waals surface area contributed by atoms with Crippen LogP contribution in [0.2, 0.25) is 0 Å². The van der Waals surface area contributed by atoms with E-state index in [1.807, 2.05) is 0 Å². The van der Waals surface area contributed by atoms with Crippen LogP contribution in [0, 0.1) is 0 Å². The summed E-state index contributed by atoms with van der Waals surface area (Å²) in [4.78, 5) is 0. The van der Waals surface area contributed by atoms with Crippen LogP contribution in [0.4, 0.5) is 13.2 Å². The number of alkyl halides is 3. The van der Waals surface area contributed by atoms with E-state index in [0.29, 0.717) is 11.4 Å². The van der Waals surface area contributed by atoms with Crippen LogP contribution in [-0.2, 0) is 12.8 Å². The third-order valence-electron chi connectivity index (χ3n) is 2.01. The van der Waals surface area contributed by atoms with Gasteiger partial charge in [0.25, 0.3) is 0 Å². The lowest BCUT2D eigenvalue weighted by Gasteiger charge is -2.07. The van der Waals surface area contributed by atoms with Crippen molar-refractivity contribution < 1.29 is 17.9 Å². The molecule has 0 radical (unpaired) electrons. The predicted molar refractivity (Wildman–Crippen MR) is 55.7 cm³/mol. The quantitative estimate of drug-likeness (QED) is 0.850. The summed E-state index contributed by atoms with van der Waals surface area (Å²) in [7, 11) is 0. The molecule has 1 heterocycles. The maximum Gasteiger partial charge on any atom is 0.416 e. The molecule has 0 aliphatic carbocycles. The molecule has 1 aromatic carbocycles. The Morgan fingerprint density at radius 1 is 1.18 bits per heavy atom. The van der Waals surface area contributed by atoms with Crippen LogP contribution in [0.25, 0.3) is 0 Å². The average Bonchev–Trinajstić information content (AvgIpc) is 2.78. The minimum Gasteiger partial charge on any atom is -0.471 e. The van der Waals surface area contributed by atoms with E-state index >= 15 is 0 Å². The first kappa shape index (κ1) is 11.8. The third-order valence-corrected chi connectivity index (χ3v) is 2.47. The van der Waals surface area contributed by atoms with E-state index in [2.05, 4.69) is 8.75 Å². The van der Waals surface area contributed by atoms with Crippen molar-refractivity contribution in [3.8, 4) is 5.88 Å². The lowest BCUT2D eigenvalue weighted by atomic mass is 10.1. The number of halogens is 3. The summed E-state index contributed by atoms with van der Waals surface area (Å²) in [5.41, 5.74) is -0.0254. The Labute approximate surface area is 99.2 Å². The van der Waals surface area contributed by atoms with E-state index in [0.717, 1.165) is 23.9 Å². The molecule has 0 fully saturated rings. The second-order valence-electron chi connectivity index (χ2n) is 3.23. The van der Waals surface area contributed by atoms with Gasteiger partial charge in [0.15, 0.2) is 0 Å². The van der Waals surface area contributed by atoms with Gasteiger partial charge >= 0.3 is 6.18 Å². The van der Waals surface area contributed by atoms with Gasteiger partial charge in [-0.1, -0.05) is 12.1 Å². The second kappa shape index (κ2) is 4.70. The molecule has 0 saturated carbocycles. The van der Waals surface area contributed by atoms with E-state index < -0.39 is 11.7 Å². The van der Waals surface area contributed by atoms with Gasteiger partial charge in [-0.25, -0.2) is 0 Å². The van der Waals surface area contributed by atoms with Gasteiger partial charge in [0.2, 0.25) is 5.88 Å². The molecule has 7 heteroatoms. The van der Waals surface area contributed by atoms with Gasteiger partial charge in [-0.15, -0.1) is 4.37 Å². The number of hydrogen-bond donors (Lipinski definition) is 0. The van der Waals surface area contributed by atoms with E-state index in [1.165, 1.54) is 18.3 Å². The zero-order chi connectivity index (χ0) is 12.3. The molecule has 17 heavy (non-hydrogen) atoms. The van der Waals surface area contributed by atoms with Crippen molar-refractivity contribution in [2.75, 3.05) is 0 Å². The third kappa shape index (κ3) is 3.16. The smallest absolute Gasteiger partial charge is 0.416 e. The molecule has 3 nitrogen and oxygen atoms in total. The molecular weight excluding hydrogens is 253 g/mol. The first-order valence-corrected chi connectivity index (χ1v) is 5.35. The number of rotatable bonds is 3. The fourth-order valence-corrected chi connectivity index (χ4v) is 1.53. The molecule has 2 aromatic rings. The van der Waals surface area contributed by atoms with Crippen LogP contribution >= 0.6 is 11.7 Å². The average molecular weight is 260 g/mol. The summed E-state index contributed by atoms with van der Waals surface area (Å²) < 4.78 is 49.6. The molecule has 0 bridgehead atoms. The maximum atomic E-state index is 12.3. The number of hydrogen-bond acceptors (Lipinski definition) is 4. The number of aromatic nitrogens is 2. The van der Waals surface area contributed by atoms with Crippen LogP contribution in [-0.4, -0.2) is 8.75 Å². The highest BCUT2D eigenvalue weighted by atomic mass is 32.1. The van der Waals surface area contributed by atoms with Gasteiger partial charge in [-0.05, 0) is 17.7 Å². The van der Waals surface area contributed by atoms with Crippen molar-refractivity contribution in [3.05, 3.63) is 41.6 Å². The lowest BCUT2D eigenvalue weighted by Crippen LogP contribution is -2.05. The van der Waals surface area contributed by atoms with Gasteiger partial charge in [0.1, 0.15) is 12.8 Å². The lowest BCUT2D eigenvalue weighted by molar-refractivity contribution is -0.137. The molecular formula is C10H7F3N2OS. The van der Waals surface area contributed by atoms with Crippen LogP contribution in [0.15, 0.2) is 30.5 Å². The van der Waals surface area contributed by atoms with Gasteiger partial charge < -0.3 is 4.74 Å². The highest BCUT2D eigenvalue weighted by molar-refractivity contribution is 6.99. The van der Waals surface area contributed by atoms with Gasteiger partial charge in [-0.2, -0.15) is 17.5 Å². The van der Waals surface area contributed by atoms with E-state index in [1.54, 1.807) is 0 Å². The van der Waals surface area contributed by atoms with Crippen molar-refractivity contribution in [1.82, 2.24) is 8.75 Å². The fourth-order valence-electron chi connectivity index (χ4n) is 1.17. The summed E-state index contributed by atoms with van der Waals surface area (Å²) in [5, 5.41) is 0. The van der Waals surface area contributed by atoms with Crippen LogP contribution in [0.3, 0.4) is 0 Å². The fraction of sp³-hybridized carbons (Fsp3) is 0.200. The van der Waals surface area contributed by atoms with Crippen molar-refractivity contribution in [2.24, 2.45) is 0 Å². The summed E-state index contributed by atoms with van der Waals surface area (Å²) in [6, 6.07) is 4.81. The Kier molecular flexibility index (Phi) is 3.28. The molecule has 0 aliphatic heterocycles. The van der Waals surface area contributed by atoms with E-state index in [9.17, 15) is 13.2 Å². The Bertz CT molecular complexity index is 467. The monoisotopic (exact) mass is 260 g/mol. The first-order valence-electron chi connectivity index (χ1n) is 4.62. The molecule has 0 amide bonds. The summed E-state index contributed by atoms with van der Waals surface area (Å²) in [6.45, 7) is 0.170. The van der Waals surface area contributed by atoms with Crippen LogP contribution in [0.1, 0.15) is 11.1 Å². The molecule has 0 spiro atoms. The highest BCUT2D eigenvalue weighted by Crippen LogP contribution is 2.29. The van der Waals surface area contributed by atoms with Gasteiger partial charge in [0.05, 0.1) is 17.3 Å². The molecule has 0 saturated heterocycles. The Morgan fingerprint density at radius 3 is 2.41 bits per heavy atom. The zero-order valence-corrected chi connectivity index (χ0v) is 9.26. The predicted octanol–water partition coefficient (Wildman–Crippen LogP) is 3.14. The minimum absolute atomic E-state index is 0.170. The van der Waals surface area contributed by atoms with Crippen molar-refractivity contribution in [1.29, 1.82) is 0 Å². The number of benzene rings is 1. The molecule has 0 N–H and O–H groups in total. The molecule has 1 aromatic heterocycles. The Hall–Kier alpha value is -1.63. The molecule has 0 atom stereocenters. The maximum absolute atomic E-state index is 12.3. The zero-order valence-electron chi connectivity index (χ0n) is 8.44.